The molecule has 1 spiro atoms. The maximum atomic E-state index is 11.4. The fourth-order valence-corrected chi connectivity index (χ4v) is 5.66. The van der Waals surface area contributed by atoms with Crippen LogP contribution in [0.25, 0.3) is 22.8 Å². The number of pyridine rings is 1. The average Bonchev–Trinajstić information content (AvgIpc) is 3.32. The van der Waals surface area contributed by atoms with E-state index in [1.165, 1.54) is 38.5 Å². The van der Waals surface area contributed by atoms with Crippen LogP contribution in [0.4, 0.5) is 5.82 Å². The predicted molar refractivity (Wildman–Crippen MR) is 131 cm³/mol. The lowest BCUT2D eigenvalue weighted by molar-refractivity contribution is -0.118. The van der Waals surface area contributed by atoms with E-state index in [-0.39, 0.29) is 0 Å². The summed E-state index contributed by atoms with van der Waals surface area (Å²) in [5.41, 5.74) is 2.27. The van der Waals surface area contributed by atoms with Crippen LogP contribution < -0.4 is 4.90 Å². The molecule has 33 heavy (non-hydrogen) atoms. The molecule has 0 unspecified atom stereocenters. The Morgan fingerprint density at radius 3 is 2.58 bits per heavy atom. The number of carbonyl (C=O) groups excluding carboxylic acids is 1. The number of rotatable bonds is 5. The molecule has 1 saturated heterocycles. The summed E-state index contributed by atoms with van der Waals surface area (Å²) in [7, 11) is 0. The van der Waals surface area contributed by atoms with Gasteiger partial charge in [0.2, 0.25) is 0 Å². The number of piperidine rings is 1. The van der Waals surface area contributed by atoms with Crippen molar-refractivity contribution >= 4 is 23.2 Å². The molecule has 1 aliphatic carbocycles. The summed E-state index contributed by atoms with van der Waals surface area (Å²) in [4.78, 5) is 23.2. The van der Waals surface area contributed by atoms with Crippen molar-refractivity contribution in [3.8, 4) is 22.8 Å². The van der Waals surface area contributed by atoms with E-state index in [1.54, 1.807) is 6.92 Å². The van der Waals surface area contributed by atoms with E-state index in [2.05, 4.69) is 26.1 Å². The molecule has 0 bridgehead atoms. The summed E-state index contributed by atoms with van der Waals surface area (Å²) >= 11 is 6.09. The molecule has 0 amide bonds. The van der Waals surface area contributed by atoms with Gasteiger partial charge < -0.3 is 9.69 Å². The molecule has 172 valence electrons. The highest BCUT2D eigenvalue weighted by molar-refractivity contribution is 6.30. The quantitative estimate of drug-likeness (QED) is 0.506. The van der Waals surface area contributed by atoms with E-state index < -0.39 is 0 Å². The van der Waals surface area contributed by atoms with Gasteiger partial charge in [-0.2, -0.15) is 5.10 Å². The molecule has 3 heterocycles. The van der Waals surface area contributed by atoms with Crippen molar-refractivity contribution in [2.75, 3.05) is 18.0 Å². The van der Waals surface area contributed by atoms with Crippen LogP contribution in [0.2, 0.25) is 5.02 Å². The van der Waals surface area contributed by atoms with E-state index >= 15 is 0 Å². The van der Waals surface area contributed by atoms with Gasteiger partial charge >= 0.3 is 0 Å². The van der Waals surface area contributed by atoms with Crippen LogP contribution in [0.5, 0.6) is 0 Å². The van der Waals surface area contributed by atoms with Crippen molar-refractivity contribution < 1.29 is 4.79 Å². The number of anilines is 1. The normalized spacial score (nSPS) is 18.5. The first-order valence-electron chi connectivity index (χ1n) is 11.9. The largest absolute Gasteiger partial charge is 0.357 e. The van der Waals surface area contributed by atoms with Gasteiger partial charge in [-0.05, 0) is 81.0 Å². The fourth-order valence-electron chi connectivity index (χ4n) is 5.47. The lowest BCUT2D eigenvalue weighted by Gasteiger charge is -2.46. The Bertz CT molecular complexity index is 1110. The third-order valence-electron chi connectivity index (χ3n) is 7.48. The molecule has 1 aliphatic heterocycles. The monoisotopic (exact) mass is 463 g/mol. The van der Waals surface area contributed by atoms with Gasteiger partial charge in [0.05, 0.1) is 0 Å². The summed E-state index contributed by atoms with van der Waals surface area (Å²) in [6.07, 6.45) is 10.0. The molecule has 1 aromatic carbocycles. The van der Waals surface area contributed by atoms with E-state index in [1.807, 2.05) is 36.5 Å². The third-order valence-corrected chi connectivity index (χ3v) is 7.71. The minimum absolute atomic E-state index is 0.339. The summed E-state index contributed by atoms with van der Waals surface area (Å²) in [6.45, 7) is 3.81. The first kappa shape index (κ1) is 22.1. The number of hydrogen-bond donors (Lipinski definition) is 1. The number of H-pyrrole nitrogens is 1. The minimum atomic E-state index is 0.339. The molecule has 0 atom stereocenters. The lowest BCUT2D eigenvalue weighted by Crippen LogP contribution is -2.42. The van der Waals surface area contributed by atoms with Crippen LogP contribution >= 0.6 is 11.6 Å². The molecular weight excluding hydrogens is 434 g/mol. The van der Waals surface area contributed by atoms with Crippen molar-refractivity contribution in [2.45, 2.75) is 51.9 Å². The summed E-state index contributed by atoms with van der Waals surface area (Å²) in [5.74, 6) is 3.28. The zero-order valence-electron chi connectivity index (χ0n) is 19.1. The van der Waals surface area contributed by atoms with Crippen molar-refractivity contribution in [3.05, 3.63) is 47.6 Å². The number of nitrogens with zero attached hydrogens (tertiary/aromatic N) is 4. The molecule has 2 aromatic heterocycles. The Balaban J connectivity index is 1.20. The molecule has 2 aliphatic rings. The topological polar surface area (TPSA) is 74.8 Å². The fraction of sp³-hybridized carbons (Fsp3) is 0.462. The van der Waals surface area contributed by atoms with Crippen molar-refractivity contribution in [2.24, 2.45) is 11.3 Å². The number of ketones is 1. The van der Waals surface area contributed by atoms with Crippen LogP contribution in [-0.4, -0.2) is 39.0 Å². The summed E-state index contributed by atoms with van der Waals surface area (Å²) < 4.78 is 0. The number of nitrogens with one attached hydrogen (secondary N) is 1. The zero-order chi connectivity index (χ0) is 22.8. The maximum absolute atomic E-state index is 11.4. The SMILES string of the molecule is CC(=O)CC1CCC2(CC1)CCN(c1ccc(-c3n[nH]c(-c4cccc(Cl)c4)n3)cn1)CC2. The molecule has 1 saturated carbocycles. The standard InChI is InChI=1S/C26H30ClN5O/c1-18(33)15-19-7-9-26(10-8-19)11-13-32(14-12-26)23-6-5-21(17-28-23)25-29-24(30-31-25)20-3-2-4-22(27)16-20/h2-6,16-17,19H,7-15H2,1H3,(H,29,30,31). The third kappa shape index (κ3) is 4.96. The van der Waals surface area contributed by atoms with Gasteiger partial charge in [-0.3, -0.25) is 5.10 Å². The Morgan fingerprint density at radius 2 is 1.91 bits per heavy atom. The zero-order valence-corrected chi connectivity index (χ0v) is 19.8. The van der Waals surface area contributed by atoms with Gasteiger partial charge in [-0.1, -0.05) is 23.7 Å². The molecule has 1 N–H and O–H groups in total. The smallest absolute Gasteiger partial charge is 0.183 e. The predicted octanol–water partition coefficient (Wildman–Crippen LogP) is 5.94. The molecular formula is C26H30ClN5O. The van der Waals surface area contributed by atoms with E-state index in [9.17, 15) is 4.79 Å². The number of halogens is 1. The van der Waals surface area contributed by atoms with Gasteiger partial charge in [-0.15, -0.1) is 0 Å². The molecule has 7 heteroatoms. The second-order valence-corrected chi connectivity index (χ2v) is 10.2. The van der Waals surface area contributed by atoms with Crippen LogP contribution in [0.15, 0.2) is 42.6 Å². The van der Waals surface area contributed by atoms with Gasteiger partial charge in [0.25, 0.3) is 0 Å². The van der Waals surface area contributed by atoms with E-state index in [0.29, 0.717) is 33.8 Å². The average molecular weight is 464 g/mol. The minimum Gasteiger partial charge on any atom is -0.357 e. The number of hydrogen-bond acceptors (Lipinski definition) is 5. The number of aromatic nitrogens is 4. The summed E-state index contributed by atoms with van der Waals surface area (Å²) in [6, 6.07) is 11.7. The van der Waals surface area contributed by atoms with Crippen molar-refractivity contribution in [1.82, 2.24) is 20.2 Å². The van der Waals surface area contributed by atoms with Gasteiger partial charge in [0.1, 0.15) is 11.6 Å². The Hall–Kier alpha value is -2.73. The van der Waals surface area contributed by atoms with Crippen LogP contribution in [0, 0.1) is 11.3 Å². The van der Waals surface area contributed by atoms with E-state index in [0.717, 1.165) is 36.5 Å². The first-order chi connectivity index (χ1) is 16.0. The first-order valence-corrected chi connectivity index (χ1v) is 12.3. The maximum Gasteiger partial charge on any atom is 0.183 e. The second kappa shape index (κ2) is 9.26. The van der Waals surface area contributed by atoms with Crippen LogP contribution in [0.3, 0.4) is 0 Å². The van der Waals surface area contributed by atoms with Crippen LogP contribution in [0.1, 0.15) is 51.9 Å². The van der Waals surface area contributed by atoms with Gasteiger partial charge in [0, 0.05) is 41.9 Å². The number of aromatic amines is 1. The number of benzene rings is 1. The summed E-state index contributed by atoms with van der Waals surface area (Å²) in [5, 5.41) is 8.03. The molecule has 6 nitrogen and oxygen atoms in total. The van der Waals surface area contributed by atoms with Gasteiger partial charge in [0.15, 0.2) is 11.6 Å². The highest BCUT2D eigenvalue weighted by Crippen LogP contribution is 2.47. The lowest BCUT2D eigenvalue weighted by atomic mass is 9.65. The Labute approximate surface area is 199 Å². The Morgan fingerprint density at radius 1 is 1.12 bits per heavy atom. The second-order valence-electron chi connectivity index (χ2n) is 9.76. The van der Waals surface area contributed by atoms with Crippen molar-refractivity contribution in [3.63, 3.8) is 0 Å². The molecule has 2 fully saturated rings. The molecule has 0 radical (unpaired) electrons. The van der Waals surface area contributed by atoms with Gasteiger partial charge in [-0.25, -0.2) is 9.97 Å². The van der Waals surface area contributed by atoms with Crippen LogP contribution in [-0.2, 0) is 4.79 Å². The molecule has 3 aromatic rings. The number of carbonyl (C=O) groups is 1. The highest BCUT2D eigenvalue weighted by Gasteiger charge is 2.38. The highest BCUT2D eigenvalue weighted by atomic mass is 35.5. The molecule has 5 rings (SSSR count). The van der Waals surface area contributed by atoms with Crippen molar-refractivity contribution in [1.29, 1.82) is 0 Å². The number of Topliss-reactive ketones (excluding diaryl/α,β-unsaturated/α-hetero) is 1. The Kier molecular flexibility index (Phi) is 6.19. The van der Waals surface area contributed by atoms with E-state index in [4.69, 9.17) is 16.6 Å².